The van der Waals surface area contributed by atoms with Gasteiger partial charge in [0.05, 0.1) is 12.2 Å². The Kier molecular flexibility index (Phi) is 4.06. The number of halogens is 2. The van der Waals surface area contributed by atoms with Crippen molar-refractivity contribution >= 4 is 51.5 Å². The van der Waals surface area contributed by atoms with Crippen LogP contribution in [0, 0.1) is 0 Å². The van der Waals surface area contributed by atoms with Gasteiger partial charge in [-0.25, -0.2) is 4.98 Å². The molecule has 0 aliphatic rings. The molecule has 0 fully saturated rings. The molecule has 0 spiro atoms. The van der Waals surface area contributed by atoms with Crippen molar-refractivity contribution in [3.63, 3.8) is 0 Å². The highest BCUT2D eigenvalue weighted by Crippen LogP contribution is 2.22. The van der Waals surface area contributed by atoms with Crippen LogP contribution in [-0.2, 0) is 4.79 Å². The van der Waals surface area contributed by atoms with Crippen LogP contribution < -0.4 is 5.32 Å². The number of fused-ring (bicyclic) bond motifs is 1. The Morgan fingerprint density at radius 1 is 1.67 bits per heavy atom. The van der Waals surface area contributed by atoms with Gasteiger partial charge < -0.3 is 5.32 Å². The molecule has 0 radical (unpaired) electrons. The topological polar surface area (TPSA) is 46.4 Å². The molecule has 2 heterocycles. The first-order valence-electron chi connectivity index (χ1n) is 4.98. The fourth-order valence-electron chi connectivity index (χ4n) is 1.32. The SMILES string of the molecule is C=C(Cl)CNC(=O)/C=C/c1c(Cl)nc2sccn12. The summed E-state index contributed by atoms with van der Waals surface area (Å²) in [4.78, 5) is 16.4. The minimum atomic E-state index is -0.266. The largest absolute Gasteiger partial charge is 0.348 e. The molecule has 0 saturated carbocycles. The number of hydrogen-bond donors (Lipinski definition) is 1. The van der Waals surface area contributed by atoms with Crippen LogP contribution in [0.5, 0.6) is 0 Å². The molecule has 18 heavy (non-hydrogen) atoms. The second kappa shape index (κ2) is 5.56. The second-order valence-electron chi connectivity index (χ2n) is 3.41. The summed E-state index contributed by atoms with van der Waals surface area (Å²) in [5, 5.41) is 5.22. The van der Waals surface area contributed by atoms with Crippen LogP contribution in [0.1, 0.15) is 5.69 Å². The van der Waals surface area contributed by atoms with Crippen molar-refractivity contribution in [2.45, 2.75) is 0 Å². The monoisotopic (exact) mass is 301 g/mol. The van der Waals surface area contributed by atoms with E-state index in [1.54, 1.807) is 6.08 Å². The highest BCUT2D eigenvalue weighted by atomic mass is 35.5. The number of imidazole rings is 1. The molecule has 0 unspecified atom stereocenters. The summed E-state index contributed by atoms with van der Waals surface area (Å²) < 4.78 is 1.82. The van der Waals surface area contributed by atoms with E-state index < -0.39 is 0 Å². The predicted molar refractivity (Wildman–Crippen MR) is 75.1 cm³/mol. The van der Waals surface area contributed by atoms with E-state index in [1.165, 1.54) is 17.4 Å². The van der Waals surface area contributed by atoms with Crippen molar-refractivity contribution in [3.05, 3.63) is 40.1 Å². The fourth-order valence-corrected chi connectivity index (χ4v) is 2.39. The Morgan fingerprint density at radius 2 is 2.44 bits per heavy atom. The summed E-state index contributed by atoms with van der Waals surface area (Å²) in [6.07, 6.45) is 4.84. The van der Waals surface area contributed by atoms with Gasteiger partial charge in [0.1, 0.15) is 0 Å². The molecule has 94 valence electrons. The van der Waals surface area contributed by atoms with E-state index in [-0.39, 0.29) is 12.5 Å². The standard InChI is InChI=1S/C11H9Cl2N3OS/c1-7(12)6-14-9(17)3-2-8-10(13)15-11-16(8)4-5-18-11/h2-5H,1,6H2,(H,14,17)/b3-2+. The zero-order valence-corrected chi connectivity index (χ0v) is 11.5. The maximum Gasteiger partial charge on any atom is 0.244 e. The molecule has 0 aliphatic heterocycles. The quantitative estimate of drug-likeness (QED) is 0.883. The average Bonchev–Trinajstić information content (AvgIpc) is 2.84. The number of nitrogens with one attached hydrogen (secondary N) is 1. The lowest BCUT2D eigenvalue weighted by atomic mass is 10.4. The van der Waals surface area contributed by atoms with Gasteiger partial charge in [0.25, 0.3) is 0 Å². The van der Waals surface area contributed by atoms with Gasteiger partial charge >= 0.3 is 0 Å². The van der Waals surface area contributed by atoms with Crippen molar-refractivity contribution in [2.24, 2.45) is 0 Å². The maximum atomic E-state index is 11.5. The van der Waals surface area contributed by atoms with Crippen LogP contribution in [0.4, 0.5) is 0 Å². The van der Waals surface area contributed by atoms with Crippen molar-refractivity contribution < 1.29 is 4.79 Å². The van der Waals surface area contributed by atoms with E-state index in [9.17, 15) is 4.79 Å². The normalized spacial score (nSPS) is 11.2. The Hall–Kier alpha value is -1.30. The van der Waals surface area contributed by atoms with Crippen LogP contribution in [0.2, 0.25) is 5.15 Å². The van der Waals surface area contributed by atoms with Gasteiger partial charge in [-0.15, -0.1) is 11.3 Å². The summed E-state index contributed by atoms with van der Waals surface area (Å²) in [5.41, 5.74) is 0.674. The molecule has 0 aliphatic carbocycles. The van der Waals surface area contributed by atoms with Gasteiger partial charge in [0.2, 0.25) is 5.91 Å². The summed E-state index contributed by atoms with van der Waals surface area (Å²) in [7, 11) is 0. The van der Waals surface area contributed by atoms with E-state index in [2.05, 4.69) is 16.9 Å². The number of rotatable bonds is 4. The number of carbonyl (C=O) groups is 1. The summed E-state index contributed by atoms with van der Waals surface area (Å²) in [6.45, 7) is 3.71. The maximum absolute atomic E-state index is 11.5. The van der Waals surface area contributed by atoms with Crippen LogP contribution in [0.25, 0.3) is 11.0 Å². The van der Waals surface area contributed by atoms with Gasteiger partial charge in [-0.3, -0.25) is 9.20 Å². The van der Waals surface area contributed by atoms with Crippen LogP contribution in [-0.4, -0.2) is 21.8 Å². The number of carbonyl (C=O) groups excluding carboxylic acids is 1. The Morgan fingerprint density at radius 3 is 3.17 bits per heavy atom. The van der Waals surface area contributed by atoms with Crippen molar-refractivity contribution in [2.75, 3.05) is 6.54 Å². The van der Waals surface area contributed by atoms with Gasteiger partial charge in [-0.1, -0.05) is 29.8 Å². The lowest BCUT2D eigenvalue weighted by Gasteiger charge is -1.98. The van der Waals surface area contributed by atoms with Crippen molar-refractivity contribution in [1.82, 2.24) is 14.7 Å². The van der Waals surface area contributed by atoms with Crippen molar-refractivity contribution in [1.29, 1.82) is 0 Å². The first-order chi connectivity index (χ1) is 8.58. The molecule has 0 aromatic carbocycles. The third-order valence-electron chi connectivity index (χ3n) is 2.10. The first kappa shape index (κ1) is 13.1. The Labute approximate surface area is 118 Å². The lowest BCUT2D eigenvalue weighted by molar-refractivity contribution is -0.116. The Bertz CT molecular complexity index is 629. The molecule has 0 saturated heterocycles. The zero-order valence-electron chi connectivity index (χ0n) is 9.19. The molecule has 0 atom stereocenters. The average molecular weight is 302 g/mol. The molecule has 1 amide bonds. The molecule has 7 heteroatoms. The minimum Gasteiger partial charge on any atom is -0.348 e. The number of amides is 1. The van der Waals surface area contributed by atoms with Gasteiger partial charge in [0, 0.05) is 22.7 Å². The molecule has 2 rings (SSSR count). The third kappa shape index (κ3) is 2.93. The number of hydrogen-bond acceptors (Lipinski definition) is 3. The number of nitrogens with zero attached hydrogens (tertiary/aromatic N) is 2. The van der Waals surface area contributed by atoms with Crippen LogP contribution in [0.15, 0.2) is 29.3 Å². The Balaban J connectivity index is 2.13. The summed E-state index contributed by atoms with van der Waals surface area (Å²) in [6, 6.07) is 0. The lowest BCUT2D eigenvalue weighted by Crippen LogP contribution is -2.21. The van der Waals surface area contributed by atoms with Crippen molar-refractivity contribution in [3.8, 4) is 0 Å². The fraction of sp³-hybridized carbons (Fsp3) is 0.0909. The molecule has 0 bridgehead atoms. The highest BCUT2D eigenvalue weighted by molar-refractivity contribution is 7.15. The minimum absolute atomic E-state index is 0.235. The summed E-state index contributed by atoms with van der Waals surface area (Å²) >= 11 is 13.0. The molecule has 2 aromatic rings. The van der Waals surface area contributed by atoms with Crippen LogP contribution >= 0.6 is 34.5 Å². The predicted octanol–water partition coefficient (Wildman–Crippen LogP) is 2.93. The summed E-state index contributed by atoms with van der Waals surface area (Å²) in [5.74, 6) is -0.266. The van der Waals surface area contributed by atoms with Gasteiger partial charge in [-0.2, -0.15) is 0 Å². The molecule has 4 nitrogen and oxygen atoms in total. The van der Waals surface area contributed by atoms with Crippen LogP contribution in [0.3, 0.4) is 0 Å². The van der Waals surface area contributed by atoms with E-state index in [0.717, 1.165) is 4.96 Å². The first-order valence-corrected chi connectivity index (χ1v) is 6.61. The van der Waals surface area contributed by atoms with E-state index in [1.807, 2.05) is 16.0 Å². The van der Waals surface area contributed by atoms with Gasteiger partial charge in [-0.05, 0) is 6.08 Å². The zero-order chi connectivity index (χ0) is 13.1. The number of aromatic nitrogens is 2. The van der Waals surface area contributed by atoms with Gasteiger partial charge in [0.15, 0.2) is 10.1 Å². The third-order valence-corrected chi connectivity index (χ3v) is 3.27. The van der Waals surface area contributed by atoms with E-state index >= 15 is 0 Å². The van der Waals surface area contributed by atoms with E-state index in [4.69, 9.17) is 23.2 Å². The smallest absolute Gasteiger partial charge is 0.244 e. The second-order valence-corrected chi connectivity index (χ2v) is 5.18. The molecule has 1 N–H and O–H groups in total. The molecular weight excluding hydrogens is 293 g/mol. The van der Waals surface area contributed by atoms with E-state index in [0.29, 0.717) is 15.9 Å². The highest BCUT2D eigenvalue weighted by Gasteiger charge is 2.08. The molecular formula is C11H9Cl2N3OS. The molecule has 2 aromatic heterocycles. The number of thiazole rings is 1.